The van der Waals surface area contributed by atoms with Gasteiger partial charge in [0, 0.05) is 32.1 Å². The van der Waals surface area contributed by atoms with Crippen molar-refractivity contribution >= 4 is 15.8 Å². The van der Waals surface area contributed by atoms with Crippen molar-refractivity contribution in [3.63, 3.8) is 0 Å². The van der Waals surface area contributed by atoms with Crippen LogP contribution < -0.4 is 4.74 Å². The monoisotopic (exact) mass is 509 g/mol. The molecule has 0 amide bonds. The molecule has 188 valence electrons. The van der Waals surface area contributed by atoms with Crippen LogP contribution in [0.15, 0.2) is 47.4 Å². The van der Waals surface area contributed by atoms with Crippen molar-refractivity contribution < 1.29 is 35.9 Å². The number of sulfonamides is 1. The smallest absolute Gasteiger partial charge is 0.416 e. The Morgan fingerprint density at radius 3 is 2.49 bits per heavy atom. The molecule has 2 aromatic carbocycles. The number of nitrogens with zero attached hydrogens (tertiary/aromatic N) is 1. The van der Waals surface area contributed by atoms with Gasteiger partial charge in [-0.3, -0.25) is 4.79 Å². The van der Waals surface area contributed by atoms with Crippen molar-refractivity contribution in [1.82, 2.24) is 4.31 Å². The lowest BCUT2D eigenvalue weighted by atomic mass is 9.87. The number of Topliss-reactive ketones (excluding diaryl/α,β-unsaturated/α-hetero) is 1. The molecule has 10 heteroatoms. The predicted octanol–water partition coefficient (Wildman–Crippen LogP) is 4.99. The van der Waals surface area contributed by atoms with E-state index in [2.05, 4.69) is 0 Å². The first-order valence-electron chi connectivity index (χ1n) is 11.8. The predicted molar refractivity (Wildman–Crippen MR) is 121 cm³/mol. The number of carbonyl (C=O) groups excluding carboxylic acids is 1. The van der Waals surface area contributed by atoms with E-state index in [-0.39, 0.29) is 53.2 Å². The van der Waals surface area contributed by atoms with Gasteiger partial charge in [0.25, 0.3) is 0 Å². The highest BCUT2D eigenvalue weighted by Gasteiger charge is 2.42. The molecule has 2 unspecified atom stereocenters. The van der Waals surface area contributed by atoms with Gasteiger partial charge >= 0.3 is 6.18 Å². The van der Waals surface area contributed by atoms with Crippen LogP contribution in [0.1, 0.15) is 59.6 Å². The second-order valence-corrected chi connectivity index (χ2v) is 11.1. The van der Waals surface area contributed by atoms with E-state index < -0.39 is 27.8 Å². The molecule has 0 radical (unpaired) electrons. The minimum absolute atomic E-state index is 0.0576. The zero-order valence-corrected chi connectivity index (χ0v) is 19.8. The Morgan fingerprint density at radius 2 is 1.74 bits per heavy atom. The molecule has 0 saturated carbocycles. The average Bonchev–Trinajstić information content (AvgIpc) is 3.35. The zero-order valence-electron chi connectivity index (χ0n) is 19.0. The molecule has 0 aromatic heterocycles. The maximum atomic E-state index is 13.6. The lowest BCUT2D eigenvalue weighted by molar-refractivity contribution is -0.138. The number of ether oxygens (including phenoxy) is 2. The van der Waals surface area contributed by atoms with Gasteiger partial charge in [0.2, 0.25) is 10.0 Å². The Hall–Kier alpha value is -2.43. The molecule has 3 heterocycles. The highest BCUT2D eigenvalue weighted by molar-refractivity contribution is 7.89. The third-order valence-corrected chi connectivity index (χ3v) is 9.05. The topological polar surface area (TPSA) is 72.9 Å². The molecular weight excluding hydrogens is 483 g/mol. The quantitative estimate of drug-likeness (QED) is 0.581. The molecule has 0 bridgehead atoms. The van der Waals surface area contributed by atoms with Crippen molar-refractivity contribution in [3.8, 4) is 5.75 Å². The number of carbonyl (C=O) groups is 1. The fourth-order valence-corrected chi connectivity index (χ4v) is 7.06. The van der Waals surface area contributed by atoms with Gasteiger partial charge in [0.1, 0.15) is 11.9 Å². The summed E-state index contributed by atoms with van der Waals surface area (Å²) in [6, 6.07) is 8.32. The van der Waals surface area contributed by atoms with Crippen molar-refractivity contribution in [3.05, 3.63) is 59.2 Å². The van der Waals surface area contributed by atoms with Gasteiger partial charge in [0.15, 0.2) is 5.78 Å². The van der Waals surface area contributed by atoms with E-state index in [0.717, 1.165) is 23.2 Å². The van der Waals surface area contributed by atoms with Gasteiger partial charge < -0.3 is 9.47 Å². The summed E-state index contributed by atoms with van der Waals surface area (Å²) in [5.74, 6) is 0.348. The van der Waals surface area contributed by atoms with Crippen molar-refractivity contribution in [2.45, 2.75) is 55.3 Å². The summed E-state index contributed by atoms with van der Waals surface area (Å²) >= 11 is 0. The van der Waals surface area contributed by atoms with Gasteiger partial charge in [-0.15, -0.1) is 0 Å². The number of hydrogen-bond donors (Lipinski definition) is 0. The van der Waals surface area contributed by atoms with Crippen LogP contribution in [0.25, 0.3) is 0 Å². The molecule has 35 heavy (non-hydrogen) atoms. The highest BCUT2D eigenvalue weighted by Crippen LogP contribution is 2.43. The molecule has 2 atom stereocenters. The lowest BCUT2D eigenvalue weighted by Gasteiger charge is -2.34. The standard InChI is InChI=1S/C25H26F3NO5S/c26-25(27,28)20-5-2-1-4-18(20)21-6-3-11-29(21)35(31,32)17-7-8-23-19(14-17)22(30)15-24(34-23)16-9-12-33-13-10-16/h1-2,4-5,7-8,14,16,21,24H,3,6,9-13,15H2. The lowest BCUT2D eigenvalue weighted by Crippen LogP contribution is -2.37. The van der Waals surface area contributed by atoms with E-state index >= 15 is 0 Å². The second-order valence-electron chi connectivity index (χ2n) is 9.25. The normalized spacial score (nSPS) is 24.3. The van der Waals surface area contributed by atoms with E-state index in [9.17, 15) is 26.4 Å². The van der Waals surface area contributed by atoms with Crippen LogP contribution in [0, 0.1) is 5.92 Å². The summed E-state index contributed by atoms with van der Waals surface area (Å²) in [6.45, 7) is 1.35. The van der Waals surface area contributed by atoms with Gasteiger partial charge in [0.05, 0.1) is 22.1 Å². The maximum absolute atomic E-state index is 13.6. The second kappa shape index (κ2) is 9.22. The molecule has 3 aliphatic heterocycles. The van der Waals surface area contributed by atoms with Crippen LogP contribution in [0.5, 0.6) is 5.75 Å². The number of hydrogen-bond acceptors (Lipinski definition) is 5. The Kier molecular flexibility index (Phi) is 6.39. The van der Waals surface area contributed by atoms with Gasteiger partial charge in [-0.1, -0.05) is 18.2 Å². The first kappa shape index (κ1) is 24.3. The Bertz CT molecular complexity index is 1220. The van der Waals surface area contributed by atoms with Crippen LogP contribution in [-0.4, -0.2) is 44.4 Å². The van der Waals surface area contributed by atoms with Crippen molar-refractivity contribution in [2.75, 3.05) is 19.8 Å². The largest absolute Gasteiger partial charge is 0.489 e. The number of ketones is 1. The summed E-state index contributed by atoms with van der Waals surface area (Å²) in [6.07, 6.45) is -2.38. The highest BCUT2D eigenvalue weighted by atomic mass is 32.2. The first-order chi connectivity index (χ1) is 16.7. The average molecular weight is 510 g/mol. The van der Waals surface area contributed by atoms with E-state index in [1.54, 1.807) is 0 Å². The first-order valence-corrected chi connectivity index (χ1v) is 13.2. The molecule has 0 aliphatic carbocycles. The Balaban J connectivity index is 1.44. The summed E-state index contributed by atoms with van der Waals surface area (Å²) in [5, 5.41) is 0. The number of halogens is 3. The van der Waals surface area contributed by atoms with Crippen LogP contribution in [-0.2, 0) is 20.9 Å². The van der Waals surface area contributed by atoms with Crippen LogP contribution >= 0.6 is 0 Å². The molecule has 0 N–H and O–H groups in total. The number of alkyl halides is 3. The minimum Gasteiger partial charge on any atom is -0.489 e. The summed E-state index contributed by atoms with van der Waals surface area (Å²) in [5.41, 5.74) is -0.696. The molecule has 2 fully saturated rings. The van der Waals surface area contributed by atoms with Crippen molar-refractivity contribution in [2.24, 2.45) is 5.92 Å². The summed E-state index contributed by atoms with van der Waals surface area (Å²) < 4.78 is 80.6. The van der Waals surface area contributed by atoms with Crippen LogP contribution in [0.4, 0.5) is 13.2 Å². The molecule has 3 aliphatic rings. The Morgan fingerprint density at radius 1 is 1.00 bits per heavy atom. The minimum atomic E-state index is -4.59. The van der Waals surface area contributed by atoms with Crippen LogP contribution in [0.3, 0.4) is 0 Å². The van der Waals surface area contributed by atoms with E-state index in [1.807, 2.05) is 0 Å². The fourth-order valence-electron chi connectivity index (χ4n) is 5.36. The van der Waals surface area contributed by atoms with E-state index in [4.69, 9.17) is 9.47 Å². The summed E-state index contributed by atoms with van der Waals surface area (Å²) in [7, 11) is -4.15. The SMILES string of the molecule is O=C1CC(C2CCOCC2)Oc2ccc(S(=O)(=O)N3CCCC3c3ccccc3C(F)(F)F)cc21. The molecule has 6 nitrogen and oxygen atoms in total. The number of benzene rings is 2. The number of fused-ring (bicyclic) bond motifs is 1. The zero-order chi connectivity index (χ0) is 24.8. The van der Waals surface area contributed by atoms with Crippen molar-refractivity contribution in [1.29, 1.82) is 0 Å². The van der Waals surface area contributed by atoms with E-state index in [0.29, 0.717) is 25.4 Å². The molecule has 2 aromatic rings. The third kappa shape index (κ3) is 4.59. The molecular formula is C25H26F3NO5S. The van der Waals surface area contributed by atoms with Gasteiger partial charge in [-0.05, 0) is 55.5 Å². The van der Waals surface area contributed by atoms with Gasteiger partial charge in [-0.2, -0.15) is 17.5 Å². The Labute approximate surface area is 202 Å². The van der Waals surface area contributed by atoms with Gasteiger partial charge in [-0.25, -0.2) is 8.42 Å². The number of rotatable bonds is 4. The third-order valence-electron chi connectivity index (χ3n) is 7.14. The summed E-state index contributed by atoms with van der Waals surface area (Å²) in [4.78, 5) is 12.8. The fraction of sp³-hybridized carbons (Fsp3) is 0.480. The molecule has 0 spiro atoms. The molecule has 2 saturated heterocycles. The molecule has 5 rings (SSSR count). The van der Waals surface area contributed by atoms with Crippen LogP contribution in [0.2, 0.25) is 0 Å². The van der Waals surface area contributed by atoms with E-state index in [1.165, 1.54) is 36.4 Å². The maximum Gasteiger partial charge on any atom is 0.416 e.